The van der Waals surface area contributed by atoms with Gasteiger partial charge in [0.15, 0.2) is 0 Å². The Morgan fingerprint density at radius 1 is 1.25 bits per heavy atom. The van der Waals surface area contributed by atoms with Crippen LogP contribution in [0.3, 0.4) is 0 Å². The molecule has 1 saturated heterocycles. The summed E-state index contributed by atoms with van der Waals surface area (Å²) in [6.07, 6.45) is 0.441. The van der Waals surface area contributed by atoms with Gasteiger partial charge < -0.3 is 14.5 Å². The van der Waals surface area contributed by atoms with Crippen LogP contribution in [0.1, 0.15) is 25.6 Å². The number of benzene rings is 1. The Hall–Kier alpha value is -1.63. The Balaban J connectivity index is 1.81. The van der Waals surface area contributed by atoms with E-state index < -0.39 is 0 Å². The molecule has 2 aromatic rings. The number of hydrogen-bond acceptors (Lipinski definition) is 5. The van der Waals surface area contributed by atoms with Gasteiger partial charge >= 0.3 is 4.87 Å². The molecule has 1 fully saturated rings. The highest BCUT2D eigenvalue weighted by atomic mass is 32.1. The van der Waals surface area contributed by atoms with Crippen LogP contribution in [-0.2, 0) is 11.3 Å². The molecule has 0 radical (unpaired) electrons. The molecular formula is C18H24N2O3S. The van der Waals surface area contributed by atoms with Gasteiger partial charge in [-0.25, -0.2) is 0 Å². The smallest absolute Gasteiger partial charge is 0.305 e. The van der Waals surface area contributed by atoms with Gasteiger partial charge in [0.2, 0.25) is 0 Å². The fourth-order valence-corrected chi connectivity index (χ4v) is 4.10. The second kappa shape index (κ2) is 7.51. The highest BCUT2D eigenvalue weighted by Crippen LogP contribution is 2.27. The van der Waals surface area contributed by atoms with Crippen molar-refractivity contribution in [3.63, 3.8) is 0 Å². The molecule has 0 amide bonds. The lowest BCUT2D eigenvalue weighted by molar-refractivity contribution is -0.0702. The van der Waals surface area contributed by atoms with Crippen molar-refractivity contribution in [2.75, 3.05) is 19.7 Å². The van der Waals surface area contributed by atoms with Gasteiger partial charge in [-0.15, -0.1) is 0 Å². The molecule has 1 aromatic heterocycles. The zero-order valence-corrected chi connectivity index (χ0v) is 15.2. The second-order valence-corrected chi connectivity index (χ2v) is 7.29. The quantitative estimate of drug-likeness (QED) is 0.902. The van der Waals surface area contributed by atoms with E-state index in [2.05, 4.69) is 23.7 Å². The number of nitrogens with one attached hydrogen (secondary N) is 1. The lowest BCUT2D eigenvalue weighted by atomic mass is 10.1. The number of ether oxygens (including phenoxy) is 2. The Labute approximate surface area is 146 Å². The van der Waals surface area contributed by atoms with Crippen molar-refractivity contribution in [1.82, 2.24) is 9.88 Å². The molecule has 0 aliphatic carbocycles. The van der Waals surface area contributed by atoms with Crippen molar-refractivity contribution in [3.05, 3.63) is 38.8 Å². The summed E-state index contributed by atoms with van der Waals surface area (Å²) >= 11 is 1.29. The summed E-state index contributed by atoms with van der Waals surface area (Å²) in [4.78, 5) is 18.3. The van der Waals surface area contributed by atoms with E-state index in [4.69, 9.17) is 9.47 Å². The molecule has 24 heavy (non-hydrogen) atoms. The minimum atomic E-state index is -0.0109. The molecule has 2 heterocycles. The van der Waals surface area contributed by atoms with Gasteiger partial charge in [0.25, 0.3) is 0 Å². The second-order valence-electron chi connectivity index (χ2n) is 6.22. The fraction of sp³-hybridized carbons (Fsp3) is 0.500. The third kappa shape index (κ3) is 4.06. The number of aromatic nitrogens is 1. The molecule has 6 heteroatoms. The molecule has 1 aliphatic rings. The van der Waals surface area contributed by atoms with E-state index in [0.717, 1.165) is 41.5 Å². The third-order valence-electron chi connectivity index (χ3n) is 4.04. The summed E-state index contributed by atoms with van der Waals surface area (Å²) in [7, 11) is 0. The summed E-state index contributed by atoms with van der Waals surface area (Å²) < 4.78 is 11.3. The van der Waals surface area contributed by atoms with Gasteiger partial charge in [0.05, 0.1) is 24.5 Å². The van der Waals surface area contributed by atoms with Crippen LogP contribution in [0.15, 0.2) is 29.1 Å². The number of nitrogens with zero attached hydrogens (tertiary/aromatic N) is 1. The van der Waals surface area contributed by atoms with E-state index in [0.29, 0.717) is 6.61 Å². The number of hydrogen-bond donors (Lipinski definition) is 1. The first-order valence-corrected chi connectivity index (χ1v) is 9.19. The number of morpholine rings is 1. The predicted molar refractivity (Wildman–Crippen MR) is 96.8 cm³/mol. The Morgan fingerprint density at radius 3 is 2.54 bits per heavy atom. The van der Waals surface area contributed by atoms with Gasteiger partial charge in [-0.2, -0.15) is 0 Å². The zero-order chi connectivity index (χ0) is 17.1. The third-order valence-corrected chi connectivity index (χ3v) is 4.91. The number of H-pyrrole nitrogens is 1. The average Bonchev–Trinajstić information content (AvgIpc) is 2.88. The van der Waals surface area contributed by atoms with Crippen LogP contribution in [0.4, 0.5) is 0 Å². The largest absolute Gasteiger partial charge is 0.494 e. The SMILES string of the molecule is CCOc1ccc(-c2[nH]c(=O)sc2CN2CC(C)OC(C)C2)cc1. The summed E-state index contributed by atoms with van der Waals surface area (Å²) in [6, 6.07) is 7.88. The van der Waals surface area contributed by atoms with Gasteiger partial charge in [-0.1, -0.05) is 11.3 Å². The average molecular weight is 348 g/mol. The highest BCUT2D eigenvalue weighted by molar-refractivity contribution is 7.09. The lowest BCUT2D eigenvalue weighted by Crippen LogP contribution is -2.44. The Kier molecular flexibility index (Phi) is 5.38. The van der Waals surface area contributed by atoms with Crippen LogP contribution >= 0.6 is 11.3 Å². The Morgan fingerprint density at radius 2 is 1.92 bits per heavy atom. The van der Waals surface area contributed by atoms with E-state index in [1.54, 1.807) is 0 Å². The van der Waals surface area contributed by atoms with Crippen LogP contribution in [0.2, 0.25) is 0 Å². The van der Waals surface area contributed by atoms with Crippen LogP contribution < -0.4 is 9.61 Å². The molecular weight excluding hydrogens is 324 g/mol. The van der Waals surface area contributed by atoms with E-state index in [1.807, 2.05) is 31.2 Å². The molecule has 1 aliphatic heterocycles. The Bertz CT molecular complexity index is 713. The van der Waals surface area contributed by atoms with Crippen molar-refractivity contribution < 1.29 is 9.47 Å². The highest BCUT2D eigenvalue weighted by Gasteiger charge is 2.24. The standard InChI is InChI=1S/C18H24N2O3S/c1-4-22-15-7-5-14(6-8-15)17-16(24-18(21)19-17)11-20-9-12(2)23-13(3)10-20/h5-8,12-13H,4,9-11H2,1-3H3,(H,19,21). The lowest BCUT2D eigenvalue weighted by Gasteiger charge is -2.35. The number of aromatic amines is 1. The van der Waals surface area contributed by atoms with Gasteiger partial charge in [0, 0.05) is 24.5 Å². The molecule has 2 atom stereocenters. The predicted octanol–water partition coefficient (Wildman–Crippen LogP) is 3.11. The van der Waals surface area contributed by atoms with Crippen LogP contribution in [0, 0.1) is 0 Å². The van der Waals surface area contributed by atoms with Gasteiger partial charge in [-0.05, 0) is 50.6 Å². The van der Waals surface area contributed by atoms with Crippen molar-refractivity contribution in [2.24, 2.45) is 0 Å². The van der Waals surface area contributed by atoms with Gasteiger partial charge in [0.1, 0.15) is 5.75 Å². The first kappa shape index (κ1) is 17.2. The van der Waals surface area contributed by atoms with E-state index in [-0.39, 0.29) is 17.1 Å². The maximum Gasteiger partial charge on any atom is 0.305 e. The normalized spacial score (nSPS) is 21.8. The van der Waals surface area contributed by atoms with E-state index >= 15 is 0 Å². The van der Waals surface area contributed by atoms with Crippen molar-refractivity contribution in [3.8, 4) is 17.0 Å². The maximum atomic E-state index is 11.9. The monoisotopic (exact) mass is 348 g/mol. The maximum absolute atomic E-state index is 11.9. The minimum absolute atomic E-state index is 0.0109. The van der Waals surface area contributed by atoms with E-state index in [9.17, 15) is 4.79 Å². The molecule has 130 valence electrons. The fourth-order valence-electron chi connectivity index (χ4n) is 3.21. The molecule has 0 bridgehead atoms. The van der Waals surface area contributed by atoms with Crippen LogP contribution in [0.25, 0.3) is 11.3 Å². The molecule has 0 spiro atoms. The number of thiazole rings is 1. The zero-order valence-electron chi connectivity index (χ0n) is 14.4. The summed E-state index contributed by atoms with van der Waals surface area (Å²) in [5.41, 5.74) is 1.93. The molecule has 1 aromatic carbocycles. The summed E-state index contributed by atoms with van der Waals surface area (Å²) in [5, 5.41) is 0. The van der Waals surface area contributed by atoms with Crippen molar-refractivity contribution >= 4 is 11.3 Å². The molecule has 0 saturated carbocycles. The summed E-state index contributed by atoms with van der Waals surface area (Å²) in [5.74, 6) is 0.844. The first-order chi connectivity index (χ1) is 11.5. The van der Waals surface area contributed by atoms with Gasteiger partial charge in [-0.3, -0.25) is 9.69 Å². The van der Waals surface area contributed by atoms with Crippen molar-refractivity contribution in [2.45, 2.75) is 39.5 Å². The summed E-state index contributed by atoms with van der Waals surface area (Å²) in [6.45, 7) is 9.34. The van der Waals surface area contributed by atoms with Crippen LogP contribution in [-0.4, -0.2) is 41.8 Å². The molecule has 3 rings (SSSR count). The number of rotatable bonds is 5. The van der Waals surface area contributed by atoms with E-state index in [1.165, 1.54) is 11.3 Å². The minimum Gasteiger partial charge on any atom is -0.494 e. The first-order valence-electron chi connectivity index (χ1n) is 8.38. The molecule has 5 nitrogen and oxygen atoms in total. The van der Waals surface area contributed by atoms with Crippen molar-refractivity contribution in [1.29, 1.82) is 0 Å². The van der Waals surface area contributed by atoms with Crippen LogP contribution in [0.5, 0.6) is 5.75 Å². The molecule has 1 N–H and O–H groups in total. The topological polar surface area (TPSA) is 54.6 Å². The molecule has 2 unspecified atom stereocenters.